The lowest BCUT2D eigenvalue weighted by atomic mass is 9.64. The van der Waals surface area contributed by atoms with Gasteiger partial charge in [0.2, 0.25) is 11.8 Å². The fraction of sp³-hybridized carbons (Fsp3) is 0.406. The van der Waals surface area contributed by atoms with Crippen molar-refractivity contribution in [2.45, 2.75) is 62.8 Å². The van der Waals surface area contributed by atoms with Crippen molar-refractivity contribution < 1.29 is 14.4 Å². The Morgan fingerprint density at radius 1 is 0.927 bits per heavy atom. The number of carbonyl (C=O) groups excluding carboxylic acids is 3. The highest BCUT2D eigenvalue weighted by Gasteiger charge is 2.53. The second-order valence-corrected chi connectivity index (χ2v) is 11.5. The van der Waals surface area contributed by atoms with Gasteiger partial charge in [-0.2, -0.15) is 0 Å². The van der Waals surface area contributed by atoms with Crippen LogP contribution in [-0.4, -0.2) is 48.3 Å². The molecule has 3 amide bonds. The highest BCUT2D eigenvalue weighted by molar-refractivity contribution is 6.42. The van der Waals surface area contributed by atoms with Gasteiger partial charge in [-0.1, -0.05) is 97.6 Å². The van der Waals surface area contributed by atoms with Crippen LogP contribution in [0.4, 0.5) is 0 Å². The van der Waals surface area contributed by atoms with E-state index in [0.29, 0.717) is 22.0 Å². The highest BCUT2D eigenvalue weighted by atomic mass is 35.5. The van der Waals surface area contributed by atoms with Crippen molar-refractivity contribution in [1.82, 2.24) is 21.1 Å². The maximum atomic E-state index is 14.1. The molecule has 2 aromatic rings. The number of hydrazine groups is 1. The fourth-order valence-electron chi connectivity index (χ4n) is 6.13. The quantitative estimate of drug-likeness (QED) is 0.279. The third-order valence-corrected chi connectivity index (χ3v) is 8.86. The predicted molar refractivity (Wildman–Crippen MR) is 164 cm³/mol. The molecular weight excluding hydrogens is 559 g/mol. The first kappa shape index (κ1) is 30.8. The minimum atomic E-state index is -1.30. The third kappa shape index (κ3) is 6.08. The summed E-state index contributed by atoms with van der Waals surface area (Å²) >= 11 is 12.8. The SMILES string of the molecule is CCCC(C1=CC(C(=O)NNC(C)=O)(c2ccccc2)C=CC1(C(=O)NC)N1CCCCC1)c1ccc(Cl)c(Cl)c1. The molecule has 0 radical (unpaired) electrons. The van der Waals surface area contributed by atoms with Crippen LogP contribution < -0.4 is 16.2 Å². The standard InChI is InChI=1S/C32H38Cl2N4O3/c1-4-11-25(23-14-15-27(33)28(34)20-23)26-21-31(24-12-7-5-8-13-24,29(40)37-36-22(2)39)16-17-32(26,30(41)35-3)38-18-9-6-10-19-38/h5,7-8,12-17,20-21,25H,4,6,9-11,18-19H2,1-3H3,(H,35,41)(H,36,39)(H,37,40). The molecule has 2 aromatic carbocycles. The van der Waals surface area contributed by atoms with Crippen LogP contribution in [-0.2, 0) is 19.8 Å². The van der Waals surface area contributed by atoms with Crippen molar-refractivity contribution in [3.8, 4) is 0 Å². The van der Waals surface area contributed by atoms with E-state index < -0.39 is 22.8 Å². The number of nitrogens with zero attached hydrogens (tertiary/aromatic N) is 1. The van der Waals surface area contributed by atoms with Crippen LogP contribution in [0.3, 0.4) is 0 Å². The van der Waals surface area contributed by atoms with Crippen LogP contribution >= 0.6 is 23.2 Å². The van der Waals surface area contributed by atoms with E-state index in [1.54, 1.807) is 13.1 Å². The lowest BCUT2D eigenvalue weighted by molar-refractivity contribution is -0.130. The monoisotopic (exact) mass is 596 g/mol. The number of piperidine rings is 1. The number of hydrogen-bond donors (Lipinski definition) is 3. The second-order valence-electron chi connectivity index (χ2n) is 10.7. The summed E-state index contributed by atoms with van der Waals surface area (Å²) in [5.74, 6) is -1.23. The number of amides is 3. The molecule has 1 aliphatic heterocycles. The number of rotatable bonds is 8. The normalized spacial score (nSPS) is 23.3. The van der Waals surface area contributed by atoms with Gasteiger partial charge in [-0.25, -0.2) is 0 Å². The maximum absolute atomic E-state index is 14.1. The molecule has 3 unspecified atom stereocenters. The number of benzene rings is 2. The van der Waals surface area contributed by atoms with Crippen molar-refractivity contribution in [1.29, 1.82) is 0 Å². The Bertz CT molecular complexity index is 1340. The van der Waals surface area contributed by atoms with Gasteiger partial charge in [0.1, 0.15) is 11.0 Å². The summed E-state index contributed by atoms with van der Waals surface area (Å²) in [7, 11) is 1.65. The van der Waals surface area contributed by atoms with Gasteiger partial charge in [-0.15, -0.1) is 0 Å². The Hall–Kier alpha value is -3.13. The molecule has 3 atom stereocenters. The van der Waals surface area contributed by atoms with Gasteiger partial charge in [0.25, 0.3) is 5.91 Å². The van der Waals surface area contributed by atoms with Crippen molar-refractivity contribution in [2.75, 3.05) is 20.1 Å². The summed E-state index contributed by atoms with van der Waals surface area (Å²) in [6, 6.07) is 15.0. The van der Waals surface area contributed by atoms with Gasteiger partial charge in [-0.05, 0) is 61.2 Å². The number of nitrogens with one attached hydrogen (secondary N) is 3. The first-order valence-corrected chi connectivity index (χ1v) is 14.9. The summed E-state index contributed by atoms with van der Waals surface area (Å²) in [5.41, 5.74) is 5.04. The average molecular weight is 598 g/mol. The van der Waals surface area contributed by atoms with Gasteiger partial charge in [-0.3, -0.25) is 30.1 Å². The van der Waals surface area contributed by atoms with Gasteiger partial charge >= 0.3 is 0 Å². The lowest BCUT2D eigenvalue weighted by Gasteiger charge is -2.49. The number of halogens is 2. The highest BCUT2D eigenvalue weighted by Crippen LogP contribution is 2.48. The van der Waals surface area contributed by atoms with Crippen LogP contribution in [0.1, 0.15) is 63.0 Å². The lowest BCUT2D eigenvalue weighted by Crippen LogP contribution is -2.62. The third-order valence-electron chi connectivity index (χ3n) is 8.12. The fourth-order valence-corrected chi connectivity index (χ4v) is 6.43. The molecule has 9 heteroatoms. The van der Waals surface area contributed by atoms with Gasteiger partial charge in [0, 0.05) is 19.9 Å². The summed E-state index contributed by atoms with van der Waals surface area (Å²) in [5, 5.41) is 3.81. The van der Waals surface area contributed by atoms with E-state index in [1.807, 2.05) is 60.7 Å². The minimum absolute atomic E-state index is 0.160. The second kappa shape index (κ2) is 13.2. The van der Waals surface area contributed by atoms with Gasteiger partial charge < -0.3 is 5.32 Å². The minimum Gasteiger partial charge on any atom is -0.357 e. The molecule has 7 nitrogen and oxygen atoms in total. The molecule has 1 fully saturated rings. The zero-order valence-electron chi connectivity index (χ0n) is 23.8. The Labute approximate surface area is 252 Å². The maximum Gasteiger partial charge on any atom is 0.256 e. The molecule has 0 bridgehead atoms. The number of carbonyl (C=O) groups is 3. The first-order chi connectivity index (χ1) is 19.7. The zero-order valence-corrected chi connectivity index (χ0v) is 25.3. The van der Waals surface area contributed by atoms with E-state index in [0.717, 1.165) is 49.9 Å². The molecule has 2 aliphatic rings. The largest absolute Gasteiger partial charge is 0.357 e. The number of hydrogen-bond acceptors (Lipinski definition) is 4. The van der Waals surface area contributed by atoms with E-state index in [-0.39, 0.29) is 11.8 Å². The molecule has 41 heavy (non-hydrogen) atoms. The number of likely N-dealkylation sites (N-methyl/N-ethyl adjacent to an activating group) is 1. The Balaban J connectivity index is 2.04. The zero-order chi connectivity index (χ0) is 29.6. The topological polar surface area (TPSA) is 90.5 Å². The van der Waals surface area contributed by atoms with Crippen LogP contribution in [0.25, 0.3) is 0 Å². The molecular formula is C32H38Cl2N4O3. The molecule has 0 saturated carbocycles. The van der Waals surface area contributed by atoms with Crippen molar-refractivity contribution in [2.24, 2.45) is 0 Å². The molecule has 1 saturated heterocycles. The molecule has 1 heterocycles. The smallest absolute Gasteiger partial charge is 0.256 e. The molecule has 0 spiro atoms. The molecule has 4 rings (SSSR count). The van der Waals surface area contributed by atoms with Gasteiger partial charge in [0.15, 0.2) is 0 Å². The van der Waals surface area contributed by atoms with Crippen LogP contribution in [0.2, 0.25) is 10.0 Å². The van der Waals surface area contributed by atoms with Crippen LogP contribution in [0.5, 0.6) is 0 Å². The van der Waals surface area contributed by atoms with E-state index in [9.17, 15) is 14.4 Å². The van der Waals surface area contributed by atoms with Gasteiger partial charge in [0.05, 0.1) is 10.0 Å². The molecule has 0 aromatic heterocycles. The Morgan fingerprint density at radius 2 is 1.63 bits per heavy atom. The Kier molecular flexibility index (Phi) is 9.95. The first-order valence-electron chi connectivity index (χ1n) is 14.2. The van der Waals surface area contributed by atoms with Crippen LogP contribution in [0.15, 0.2) is 72.3 Å². The summed E-state index contributed by atoms with van der Waals surface area (Å²) in [6.07, 6.45) is 10.2. The summed E-state index contributed by atoms with van der Waals surface area (Å²) in [4.78, 5) is 42.2. The Morgan fingerprint density at radius 3 is 2.24 bits per heavy atom. The summed E-state index contributed by atoms with van der Waals surface area (Å²) < 4.78 is 0. The van der Waals surface area contributed by atoms with E-state index in [2.05, 4.69) is 28.0 Å². The number of likely N-dealkylation sites (tertiary alicyclic amines) is 1. The average Bonchev–Trinajstić information content (AvgIpc) is 3.00. The predicted octanol–water partition coefficient (Wildman–Crippen LogP) is 5.45. The molecule has 218 valence electrons. The van der Waals surface area contributed by atoms with E-state index in [4.69, 9.17) is 23.2 Å². The molecule has 3 N–H and O–H groups in total. The van der Waals surface area contributed by atoms with Crippen molar-refractivity contribution in [3.05, 3.63) is 93.5 Å². The molecule has 1 aliphatic carbocycles. The van der Waals surface area contributed by atoms with E-state index in [1.165, 1.54) is 6.92 Å². The van der Waals surface area contributed by atoms with E-state index >= 15 is 0 Å². The van der Waals surface area contributed by atoms with Crippen LogP contribution in [0, 0.1) is 0 Å². The van der Waals surface area contributed by atoms with Crippen molar-refractivity contribution >= 4 is 40.9 Å². The van der Waals surface area contributed by atoms with Crippen molar-refractivity contribution in [3.63, 3.8) is 0 Å². The summed E-state index contributed by atoms with van der Waals surface area (Å²) in [6.45, 7) is 4.92.